The van der Waals surface area contributed by atoms with Crippen molar-refractivity contribution in [2.24, 2.45) is 0 Å². The Hall–Kier alpha value is -2.04. The molecule has 0 aliphatic carbocycles. The fourth-order valence-electron chi connectivity index (χ4n) is 2.87. The van der Waals surface area contributed by atoms with E-state index in [2.05, 4.69) is 5.32 Å². The Bertz CT molecular complexity index is 716. The zero-order valence-corrected chi connectivity index (χ0v) is 14.4. The van der Waals surface area contributed by atoms with Crippen LogP contribution in [0, 0.1) is 0 Å². The van der Waals surface area contributed by atoms with Gasteiger partial charge >= 0.3 is 0 Å². The van der Waals surface area contributed by atoms with Gasteiger partial charge in [-0.05, 0) is 24.1 Å². The molecule has 2 aromatic carbocycles. The standard InChI is InChI=1S/C19H21ClN2O2/c1-24-17-10-5-3-8-15(17)19(14-7-2-4-9-16(14)20)21-13-18(23)22-11-6-12-22/h2-5,7-10,19,21H,6,11-13H2,1H3. The van der Waals surface area contributed by atoms with Crippen LogP contribution >= 0.6 is 11.6 Å². The molecule has 1 heterocycles. The molecule has 1 aliphatic rings. The number of rotatable bonds is 6. The average molecular weight is 345 g/mol. The van der Waals surface area contributed by atoms with Crippen molar-refractivity contribution < 1.29 is 9.53 Å². The van der Waals surface area contributed by atoms with Crippen molar-refractivity contribution in [1.29, 1.82) is 0 Å². The number of likely N-dealkylation sites (tertiary alicyclic amines) is 1. The lowest BCUT2D eigenvalue weighted by Crippen LogP contribution is -2.46. The van der Waals surface area contributed by atoms with Crippen molar-refractivity contribution in [2.45, 2.75) is 12.5 Å². The monoisotopic (exact) mass is 344 g/mol. The molecule has 3 rings (SSSR count). The number of nitrogens with one attached hydrogen (secondary N) is 1. The minimum Gasteiger partial charge on any atom is -0.496 e. The summed E-state index contributed by atoms with van der Waals surface area (Å²) >= 11 is 6.40. The van der Waals surface area contributed by atoms with E-state index in [1.165, 1.54) is 0 Å². The summed E-state index contributed by atoms with van der Waals surface area (Å²) in [6, 6.07) is 15.3. The summed E-state index contributed by atoms with van der Waals surface area (Å²) in [5, 5.41) is 4.03. The minimum atomic E-state index is -0.208. The van der Waals surface area contributed by atoms with Crippen molar-refractivity contribution in [1.82, 2.24) is 10.2 Å². The highest BCUT2D eigenvalue weighted by molar-refractivity contribution is 6.31. The molecule has 2 aromatic rings. The van der Waals surface area contributed by atoms with Crippen LogP contribution in [0.15, 0.2) is 48.5 Å². The maximum Gasteiger partial charge on any atom is 0.236 e. The summed E-state index contributed by atoms with van der Waals surface area (Å²) in [5.74, 6) is 0.888. The number of carbonyl (C=O) groups excluding carboxylic acids is 1. The summed E-state index contributed by atoms with van der Waals surface area (Å²) in [5.41, 5.74) is 1.89. The zero-order chi connectivity index (χ0) is 16.9. The van der Waals surface area contributed by atoms with Gasteiger partial charge in [-0.15, -0.1) is 0 Å². The molecule has 24 heavy (non-hydrogen) atoms. The van der Waals surface area contributed by atoms with Gasteiger partial charge < -0.3 is 9.64 Å². The van der Waals surface area contributed by atoms with Gasteiger partial charge in [0.05, 0.1) is 19.7 Å². The molecule has 5 heteroatoms. The van der Waals surface area contributed by atoms with Gasteiger partial charge in [-0.3, -0.25) is 10.1 Å². The van der Waals surface area contributed by atoms with Gasteiger partial charge in [0.25, 0.3) is 0 Å². The Kier molecular flexibility index (Phi) is 5.38. The predicted octanol–water partition coefficient (Wildman–Crippen LogP) is 3.26. The molecule has 0 radical (unpaired) electrons. The number of ether oxygens (including phenoxy) is 1. The van der Waals surface area contributed by atoms with E-state index in [9.17, 15) is 4.79 Å². The van der Waals surface area contributed by atoms with Gasteiger partial charge in [0.1, 0.15) is 5.75 Å². The van der Waals surface area contributed by atoms with Gasteiger partial charge in [0, 0.05) is 23.7 Å². The van der Waals surface area contributed by atoms with E-state index in [4.69, 9.17) is 16.3 Å². The molecule has 1 saturated heterocycles. The van der Waals surface area contributed by atoms with Crippen molar-refractivity contribution in [3.8, 4) is 5.75 Å². The lowest BCUT2D eigenvalue weighted by Gasteiger charge is -2.32. The van der Waals surface area contributed by atoms with Gasteiger partial charge in [0.2, 0.25) is 5.91 Å². The summed E-state index contributed by atoms with van der Waals surface area (Å²) in [6.45, 7) is 1.98. The largest absolute Gasteiger partial charge is 0.496 e. The number of amides is 1. The van der Waals surface area contributed by atoms with Gasteiger partial charge in [-0.2, -0.15) is 0 Å². The third-order valence-corrected chi connectivity index (χ3v) is 4.68. The first kappa shape index (κ1) is 16.8. The zero-order valence-electron chi connectivity index (χ0n) is 13.7. The number of para-hydroxylation sites is 1. The summed E-state index contributed by atoms with van der Waals surface area (Å²) in [4.78, 5) is 14.1. The lowest BCUT2D eigenvalue weighted by atomic mass is 9.97. The SMILES string of the molecule is COc1ccccc1C(NCC(=O)N1CCC1)c1ccccc1Cl. The molecule has 1 aliphatic heterocycles. The van der Waals surface area contributed by atoms with E-state index < -0.39 is 0 Å². The molecule has 1 fully saturated rings. The average Bonchev–Trinajstić information content (AvgIpc) is 2.55. The molecular weight excluding hydrogens is 324 g/mol. The smallest absolute Gasteiger partial charge is 0.236 e. The first-order valence-corrected chi connectivity index (χ1v) is 8.47. The molecule has 0 bridgehead atoms. The minimum absolute atomic E-state index is 0.119. The van der Waals surface area contributed by atoms with E-state index in [1.807, 2.05) is 53.4 Å². The molecule has 0 spiro atoms. The van der Waals surface area contributed by atoms with Crippen molar-refractivity contribution in [3.63, 3.8) is 0 Å². The first-order chi connectivity index (χ1) is 11.7. The van der Waals surface area contributed by atoms with E-state index in [0.717, 1.165) is 36.4 Å². The highest BCUT2D eigenvalue weighted by Crippen LogP contribution is 2.33. The third-order valence-electron chi connectivity index (χ3n) is 4.33. The third kappa shape index (κ3) is 3.55. The Balaban J connectivity index is 1.88. The van der Waals surface area contributed by atoms with Crippen LogP contribution in [0.25, 0.3) is 0 Å². The molecule has 1 amide bonds. The fraction of sp³-hybridized carbons (Fsp3) is 0.316. The Morgan fingerprint density at radius 2 is 1.83 bits per heavy atom. The second-order valence-electron chi connectivity index (χ2n) is 5.81. The second-order valence-corrected chi connectivity index (χ2v) is 6.22. The maximum atomic E-state index is 12.2. The number of hydrogen-bond donors (Lipinski definition) is 1. The molecule has 1 N–H and O–H groups in total. The molecule has 4 nitrogen and oxygen atoms in total. The summed E-state index contributed by atoms with van der Waals surface area (Å²) < 4.78 is 5.50. The number of carbonyl (C=O) groups is 1. The number of nitrogens with zero attached hydrogens (tertiary/aromatic N) is 1. The number of methoxy groups -OCH3 is 1. The highest BCUT2D eigenvalue weighted by Gasteiger charge is 2.24. The van der Waals surface area contributed by atoms with Crippen molar-refractivity contribution in [2.75, 3.05) is 26.7 Å². The molecule has 1 atom stereocenters. The van der Waals surface area contributed by atoms with E-state index in [0.29, 0.717) is 5.02 Å². The van der Waals surface area contributed by atoms with Crippen LogP contribution in [0.2, 0.25) is 5.02 Å². The predicted molar refractivity (Wildman–Crippen MR) is 95.5 cm³/mol. The van der Waals surface area contributed by atoms with Crippen LogP contribution in [0.1, 0.15) is 23.6 Å². The quantitative estimate of drug-likeness (QED) is 0.874. The Morgan fingerprint density at radius 1 is 1.17 bits per heavy atom. The number of hydrogen-bond acceptors (Lipinski definition) is 3. The molecular formula is C19H21ClN2O2. The van der Waals surface area contributed by atoms with Crippen LogP contribution in [0.3, 0.4) is 0 Å². The topological polar surface area (TPSA) is 41.6 Å². The number of halogens is 1. The van der Waals surface area contributed by atoms with Crippen LogP contribution in [-0.4, -0.2) is 37.6 Å². The maximum absolute atomic E-state index is 12.2. The molecule has 0 aromatic heterocycles. The molecule has 0 saturated carbocycles. The van der Waals surface area contributed by atoms with E-state index in [1.54, 1.807) is 7.11 Å². The Labute approximate surface area is 147 Å². The molecule has 1 unspecified atom stereocenters. The van der Waals surface area contributed by atoms with E-state index >= 15 is 0 Å². The summed E-state index contributed by atoms with van der Waals surface area (Å²) in [6.07, 6.45) is 1.09. The van der Waals surface area contributed by atoms with Gasteiger partial charge in [-0.25, -0.2) is 0 Å². The van der Waals surface area contributed by atoms with Gasteiger partial charge in [-0.1, -0.05) is 48.0 Å². The van der Waals surface area contributed by atoms with Crippen molar-refractivity contribution >= 4 is 17.5 Å². The van der Waals surface area contributed by atoms with E-state index in [-0.39, 0.29) is 18.5 Å². The Morgan fingerprint density at radius 3 is 2.46 bits per heavy atom. The number of benzene rings is 2. The van der Waals surface area contributed by atoms with Crippen LogP contribution in [0.4, 0.5) is 0 Å². The normalized spacial score (nSPS) is 14.8. The fourth-order valence-corrected chi connectivity index (χ4v) is 3.11. The van der Waals surface area contributed by atoms with Crippen LogP contribution in [0.5, 0.6) is 5.75 Å². The second kappa shape index (κ2) is 7.69. The van der Waals surface area contributed by atoms with Crippen molar-refractivity contribution in [3.05, 3.63) is 64.7 Å². The van der Waals surface area contributed by atoms with Crippen LogP contribution in [-0.2, 0) is 4.79 Å². The highest BCUT2D eigenvalue weighted by atomic mass is 35.5. The first-order valence-electron chi connectivity index (χ1n) is 8.09. The van der Waals surface area contributed by atoms with Gasteiger partial charge in [0.15, 0.2) is 0 Å². The summed E-state index contributed by atoms with van der Waals surface area (Å²) in [7, 11) is 1.65. The van der Waals surface area contributed by atoms with Crippen LogP contribution < -0.4 is 10.1 Å². The lowest BCUT2D eigenvalue weighted by molar-refractivity contribution is -0.133. The molecule has 126 valence electrons.